The van der Waals surface area contributed by atoms with Crippen LogP contribution >= 0.6 is 12.6 Å². The zero-order valence-corrected chi connectivity index (χ0v) is 26.8. The van der Waals surface area contributed by atoms with Crippen molar-refractivity contribution in [3.05, 3.63) is 68.8 Å². The van der Waals surface area contributed by atoms with Crippen molar-refractivity contribution < 1.29 is 29.4 Å². The fourth-order valence-corrected chi connectivity index (χ4v) is 7.20. The van der Waals surface area contributed by atoms with Crippen LogP contribution in [0.25, 0.3) is 0 Å². The van der Waals surface area contributed by atoms with E-state index >= 15 is 0 Å². The Morgan fingerprint density at radius 2 is 1.43 bits per heavy atom. The molecule has 0 saturated carbocycles. The molecule has 1 saturated heterocycles. The first-order chi connectivity index (χ1) is 20.9. The normalized spacial score (nSPS) is 21.6. The predicted octanol–water partition coefficient (Wildman–Crippen LogP) is 3.74. The number of aromatic nitrogens is 2. The third-order valence-electron chi connectivity index (χ3n) is 9.57. The third-order valence-corrected chi connectivity index (χ3v) is 9.83. The van der Waals surface area contributed by atoms with Gasteiger partial charge in [0.15, 0.2) is 0 Å². The summed E-state index contributed by atoms with van der Waals surface area (Å²) in [5, 5.41) is 25.1. The zero-order chi connectivity index (χ0) is 32.3. The number of amides is 2. The molecule has 11 heteroatoms. The van der Waals surface area contributed by atoms with Gasteiger partial charge in [-0.2, -0.15) is 12.6 Å². The predicted molar refractivity (Wildman–Crippen MR) is 171 cm³/mol. The molecule has 1 fully saturated rings. The van der Waals surface area contributed by atoms with Gasteiger partial charge in [-0.3, -0.25) is 19.2 Å². The first-order valence-electron chi connectivity index (χ1n) is 15.2. The Hall–Kier alpha value is -3.73. The molecule has 2 amide bonds. The van der Waals surface area contributed by atoms with Crippen LogP contribution in [-0.4, -0.2) is 61.8 Å². The lowest BCUT2D eigenvalue weighted by atomic mass is 9.86. The summed E-state index contributed by atoms with van der Waals surface area (Å²) in [6.07, 6.45) is 4.57. The molecule has 6 N–H and O–H groups in total. The van der Waals surface area contributed by atoms with Crippen LogP contribution in [0.2, 0.25) is 0 Å². The molecule has 4 heterocycles. The van der Waals surface area contributed by atoms with E-state index in [1.807, 2.05) is 27.7 Å². The number of carbonyl (C=O) groups is 4. The second kappa shape index (κ2) is 13.9. The van der Waals surface area contributed by atoms with Gasteiger partial charge in [0.2, 0.25) is 5.91 Å². The van der Waals surface area contributed by atoms with Gasteiger partial charge >= 0.3 is 11.9 Å². The molecular weight excluding hydrogens is 580 g/mol. The van der Waals surface area contributed by atoms with Crippen molar-refractivity contribution in [2.24, 2.45) is 11.8 Å². The molecular formula is C33H44N4O6S. The number of carbonyl (C=O) groups excluding carboxylic acids is 2. The van der Waals surface area contributed by atoms with E-state index in [1.54, 1.807) is 6.08 Å². The molecule has 238 valence electrons. The average molecular weight is 625 g/mol. The first-order valence-corrected chi connectivity index (χ1v) is 15.9. The summed E-state index contributed by atoms with van der Waals surface area (Å²) in [5.41, 5.74) is 8.92. The summed E-state index contributed by atoms with van der Waals surface area (Å²) in [6, 6.07) is -0.251. The molecule has 0 aliphatic carbocycles. The standard InChI is InChI=1S/C33H44N4O6S/c1-6-20-16(2)26(36-33(20)43)13-24-17(3)21(7-9-30(38)39)27(34-24)15-28-22(8-10-31(40)41)18(4)25(35-28)14-29-23(11-12-44)19(5)32(42)37-29/h6,19,23,26,29,34-35,44H,1,7-15H2,2-5H3,(H,36,43)(H,37,42)(H,38,39)(H,40,41)/t19-,23-,26+,29+/m0/s1. The summed E-state index contributed by atoms with van der Waals surface area (Å²) in [5.74, 6) is -1.15. The topological polar surface area (TPSA) is 164 Å². The molecule has 0 bridgehead atoms. The van der Waals surface area contributed by atoms with Crippen molar-refractivity contribution in [2.75, 3.05) is 5.75 Å². The number of H-pyrrole nitrogens is 2. The highest BCUT2D eigenvalue weighted by Crippen LogP contribution is 2.33. The van der Waals surface area contributed by atoms with Crippen molar-refractivity contribution >= 4 is 36.4 Å². The highest BCUT2D eigenvalue weighted by atomic mass is 32.1. The highest BCUT2D eigenvalue weighted by Gasteiger charge is 2.39. The van der Waals surface area contributed by atoms with Crippen LogP contribution in [0.15, 0.2) is 23.8 Å². The molecule has 0 radical (unpaired) electrons. The number of nitrogens with one attached hydrogen (secondary N) is 4. The van der Waals surface area contributed by atoms with Crippen LogP contribution in [0.4, 0.5) is 0 Å². The summed E-state index contributed by atoms with van der Waals surface area (Å²) in [4.78, 5) is 55.2. The Kier molecular flexibility index (Phi) is 10.5. The number of carboxylic acid groups (broad SMARTS) is 2. The Bertz CT molecular complexity index is 1500. The van der Waals surface area contributed by atoms with Gasteiger partial charge in [0.25, 0.3) is 5.91 Å². The van der Waals surface area contributed by atoms with Gasteiger partial charge in [0.05, 0.1) is 6.04 Å². The lowest BCUT2D eigenvalue weighted by molar-refractivity contribution is -0.138. The van der Waals surface area contributed by atoms with Gasteiger partial charge in [-0.05, 0) is 79.5 Å². The number of thiol groups is 1. The fourth-order valence-electron chi connectivity index (χ4n) is 6.91. The van der Waals surface area contributed by atoms with Crippen LogP contribution in [0, 0.1) is 25.7 Å². The highest BCUT2D eigenvalue weighted by molar-refractivity contribution is 7.80. The minimum absolute atomic E-state index is 0.0237. The van der Waals surface area contributed by atoms with E-state index in [-0.39, 0.29) is 48.6 Å². The summed E-state index contributed by atoms with van der Waals surface area (Å²) in [7, 11) is 0. The number of rotatable bonds is 15. The minimum Gasteiger partial charge on any atom is -0.481 e. The van der Waals surface area contributed by atoms with Gasteiger partial charge in [0.1, 0.15) is 0 Å². The molecule has 2 aliphatic heterocycles. The van der Waals surface area contributed by atoms with Gasteiger partial charge in [0, 0.05) is 72.4 Å². The summed E-state index contributed by atoms with van der Waals surface area (Å²) >= 11 is 4.41. The van der Waals surface area contributed by atoms with E-state index in [0.29, 0.717) is 43.4 Å². The maximum absolute atomic E-state index is 12.5. The maximum Gasteiger partial charge on any atom is 0.303 e. The maximum atomic E-state index is 12.5. The number of aromatic amines is 2. The Morgan fingerprint density at radius 1 is 0.886 bits per heavy atom. The summed E-state index contributed by atoms with van der Waals surface area (Å²) in [6.45, 7) is 11.6. The molecule has 0 spiro atoms. The molecule has 44 heavy (non-hydrogen) atoms. The fraction of sp³-hybridized carbons (Fsp3) is 0.515. The number of hydrogen-bond donors (Lipinski definition) is 7. The largest absolute Gasteiger partial charge is 0.481 e. The Labute approximate surface area is 263 Å². The Balaban J connectivity index is 1.69. The molecule has 4 rings (SSSR count). The molecule has 4 atom stereocenters. The van der Waals surface area contributed by atoms with Gasteiger partial charge in [-0.25, -0.2) is 0 Å². The number of aliphatic carboxylic acids is 2. The second-order valence-corrected chi connectivity index (χ2v) is 12.6. The second-order valence-electron chi connectivity index (χ2n) is 12.2. The van der Waals surface area contributed by atoms with E-state index in [2.05, 4.69) is 39.8 Å². The smallest absolute Gasteiger partial charge is 0.303 e. The molecule has 2 aromatic rings. The third kappa shape index (κ3) is 6.98. The summed E-state index contributed by atoms with van der Waals surface area (Å²) < 4.78 is 0. The van der Waals surface area contributed by atoms with E-state index in [0.717, 1.165) is 57.0 Å². The van der Waals surface area contributed by atoms with Gasteiger partial charge in [-0.1, -0.05) is 19.6 Å². The van der Waals surface area contributed by atoms with Gasteiger partial charge in [-0.15, -0.1) is 0 Å². The van der Waals surface area contributed by atoms with E-state index < -0.39 is 11.9 Å². The lowest BCUT2D eigenvalue weighted by Gasteiger charge is -2.20. The quantitative estimate of drug-likeness (QED) is 0.149. The Morgan fingerprint density at radius 3 is 1.91 bits per heavy atom. The van der Waals surface area contributed by atoms with Crippen LogP contribution in [0.5, 0.6) is 0 Å². The molecule has 0 unspecified atom stereocenters. The van der Waals surface area contributed by atoms with Gasteiger partial charge < -0.3 is 30.8 Å². The number of carboxylic acids is 2. The number of hydrogen-bond acceptors (Lipinski definition) is 5. The van der Waals surface area contributed by atoms with E-state index in [1.165, 1.54) is 0 Å². The van der Waals surface area contributed by atoms with Crippen molar-refractivity contribution in [1.29, 1.82) is 0 Å². The molecule has 2 aliphatic rings. The van der Waals surface area contributed by atoms with E-state index in [4.69, 9.17) is 0 Å². The SMILES string of the molecule is C=CC1=C(C)[C@@H](Cc2[nH]c(Cc3[nH]c(C[C@H]4NC(=O)[C@@H](C)[C@@H]4CCS)c(C)c3CCC(=O)O)c(CCC(=O)O)c2C)NC1=O. The monoisotopic (exact) mass is 624 g/mol. The molecule has 10 nitrogen and oxygen atoms in total. The van der Waals surface area contributed by atoms with Crippen molar-refractivity contribution in [3.8, 4) is 0 Å². The van der Waals surface area contributed by atoms with Crippen LogP contribution in [0.1, 0.15) is 78.1 Å². The molecule has 0 aromatic carbocycles. The average Bonchev–Trinajstić information content (AvgIpc) is 3.60. The zero-order valence-electron chi connectivity index (χ0n) is 25.9. The first kappa shape index (κ1) is 33.2. The van der Waals surface area contributed by atoms with Crippen molar-refractivity contribution in [3.63, 3.8) is 0 Å². The lowest BCUT2D eigenvalue weighted by Crippen LogP contribution is -2.31. The van der Waals surface area contributed by atoms with Crippen molar-refractivity contribution in [2.45, 2.75) is 91.1 Å². The minimum atomic E-state index is -0.890. The molecule has 2 aromatic heterocycles. The van der Waals surface area contributed by atoms with Crippen molar-refractivity contribution in [1.82, 2.24) is 20.6 Å². The van der Waals surface area contributed by atoms with Crippen LogP contribution in [-0.2, 0) is 51.3 Å². The van der Waals surface area contributed by atoms with Crippen LogP contribution in [0.3, 0.4) is 0 Å². The van der Waals surface area contributed by atoms with Crippen LogP contribution < -0.4 is 10.6 Å². The van der Waals surface area contributed by atoms with E-state index in [9.17, 15) is 29.4 Å².